The topological polar surface area (TPSA) is 88.2 Å². The van der Waals surface area contributed by atoms with Gasteiger partial charge in [0.25, 0.3) is 0 Å². The first-order valence-electron chi connectivity index (χ1n) is 14.1. The summed E-state index contributed by atoms with van der Waals surface area (Å²) in [7, 11) is 0. The molecule has 0 fully saturated rings. The van der Waals surface area contributed by atoms with Crippen LogP contribution in [0.15, 0.2) is 59.9 Å². The highest BCUT2D eigenvalue weighted by Crippen LogP contribution is 2.20. The van der Waals surface area contributed by atoms with Crippen molar-refractivity contribution in [3.05, 3.63) is 76.7 Å². The van der Waals surface area contributed by atoms with E-state index in [0.717, 1.165) is 11.3 Å². The largest absolute Gasteiger partial charge is 0.388 e. The Bertz CT molecular complexity index is 1390. The van der Waals surface area contributed by atoms with E-state index in [1.165, 1.54) is 29.6 Å². The van der Waals surface area contributed by atoms with Crippen molar-refractivity contribution in [2.24, 2.45) is 0 Å². The van der Waals surface area contributed by atoms with E-state index >= 15 is 0 Å². The van der Waals surface area contributed by atoms with Crippen LogP contribution in [0, 0.1) is 0 Å². The standard InChI is InChI=1S/C22H25N3O2S/c23-22-25-19(15-28-22)14-21(27)24-18-12-10-16(11-13-18)6-4-5-9-20(26)17-7-2-1-3-8-17/h1-3,7-8,10-13,15,20,26H,4-6,9,14H2,(H2,23,25)(H,24,27)/t20-/m0/s1/i4D2,6D2,9D2,10D,11D,12D,13D,14D2. The van der Waals surface area contributed by atoms with Gasteiger partial charge >= 0.3 is 0 Å². The lowest BCUT2D eigenvalue weighted by Gasteiger charge is -2.10. The number of rotatable bonds is 9. The van der Waals surface area contributed by atoms with E-state index in [4.69, 9.17) is 22.2 Å². The maximum Gasteiger partial charge on any atom is 0.230 e. The zero-order valence-corrected chi connectivity index (χ0v) is 15.4. The van der Waals surface area contributed by atoms with Gasteiger partial charge in [0, 0.05) is 22.0 Å². The molecule has 1 atom stereocenters. The fraction of sp³-hybridized carbons (Fsp3) is 0.273. The van der Waals surface area contributed by atoms with Crippen molar-refractivity contribution in [2.45, 2.75) is 38.0 Å². The lowest BCUT2D eigenvalue weighted by Crippen LogP contribution is -2.14. The molecule has 5 nitrogen and oxygen atoms in total. The predicted octanol–water partition coefficient (Wildman–Crippen LogP) is 4.35. The van der Waals surface area contributed by atoms with Crippen LogP contribution in [0.1, 0.15) is 58.5 Å². The van der Waals surface area contributed by atoms with Gasteiger partial charge in [-0.2, -0.15) is 0 Å². The van der Waals surface area contributed by atoms with E-state index in [2.05, 4.69) is 4.98 Å². The summed E-state index contributed by atoms with van der Waals surface area (Å²) in [6, 6.07) is 3.43. The van der Waals surface area contributed by atoms with E-state index < -0.39 is 79.3 Å². The molecule has 0 aliphatic heterocycles. The van der Waals surface area contributed by atoms with Crippen molar-refractivity contribution >= 4 is 28.1 Å². The minimum absolute atomic E-state index is 0.0163. The fourth-order valence-electron chi connectivity index (χ4n) is 2.08. The van der Waals surface area contributed by atoms with Crippen LogP contribution in [-0.2, 0) is 17.5 Å². The Morgan fingerprint density at radius 3 is 2.71 bits per heavy atom. The van der Waals surface area contributed by atoms with Gasteiger partial charge in [0.1, 0.15) is 0 Å². The van der Waals surface area contributed by atoms with Crippen LogP contribution in [-0.4, -0.2) is 16.0 Å². The van der Waals surface area contributed by atoms with Crippen LogP contribution >= 0.6 is 11.3 Å². The lowest BCUT2D eigenvalue weighted by atomic mass is 10.0. The molecule has 3 rings (SSSR count). The molecule has 2 aromatic carbocycles. The first-order valence-corrected chi connectivity index (χ1v) is 9.00. The smallest absolute Gasteiger partial charge is 0.230 e. The molecule has 0 bridgehead atoms. The first kappa shape index (κ1) is 9.67. The number of anilines is 2. The van der Waals surface area contributed by atoms with Gasteiger partial charge in [0.05, 0.1) is 23.7 Å². The van der Waals surface area contributed by atoms with Crippen LogP contribution in [0.25, 0.3) is 0 Å². The summed E-state index contributed by atoms with van der Waals surface area (Å²) in [5.41, 5.74) is 3.44. The molecule has 0 saturated heterocycles. The molecular formula is C22H25N3O2S. The number of nitrogens with one attached hydrogen (secondary N) is 1. The number of amides is 1. The zero-order chi connectivity index (χ0) is 30.4. The summed E-state index contributed by atoms with van der Waals surface area (Å²) in [5.74, 6) is -1.40. The van der Waals surface area contributed by atoms with Crippen LogP contribution in [0.3, 0.4) is 0 Å². The number of aliphatic hydroxyl groups excluding tert-OH is 1. The van der Waals surface area contributed by atoms with Gasteiger partial charge in [-0.1, -0.05) is 48.8 Å². The molecule has 4 N–H and O–H groups in total. The number of benzene rings is 2. The SMILES string of the molecule is [2H]c1c([2H])c(C([2H])([2H])C([2H])([2H])CC([2H])([2H])[C@H](O)c2ccccc2)c([2H])c([2H])c1NC(=O)C([2H])([2H])c1csc(N)n1. The monoisotopic (exact) mass is 407 g/mol. The number of nitrogens with two attached hydrogens (primary N) is 1. The Hall–Kier alpha value is -2.70. The number of aromatic nitrogens is 1. The summed E-state index contributed by atoms with van der Waals surface area (Å²) in [4.78, 5) is 16.4. The number of thiazole rings is 1. The van der Waals surface area contributed by atoms with Crippen molar-refractivity contribution in [1.82, 2.24) is 4.98 Å². The van der Waals surface area contributed by atoms with Gasteiger partial charge in [-0.15, -0.1) is 11.3 Å². The number of hydrogen-bond acceptors (Lipinski definition) is 5. The molecule has 1 aromatic heterocycles. The third-order valence-corrected chi connectivity index (χ3v) is 4.01. The maximum absolute atomic E-state index is 12.7. The van der Waals surface area contributed by atoms with Crippen molar-refractivity contribution in [2.75, 3.05) is 11.1 Å². The van der Waals surface area contributed by atoms with Crippen molar-refractivity contribution < 1.29 is 26.4 Å². The van der Waals surface area contributed by atoms with E-state index in [0.29, 0.717) is 0 Å². The molecule has 0 saturated carbocycles. The molecule has 0 aliphatic carbocycles. The second-order valence-electron chi connectivity index (χ2n) is 5.40. The van der Waals surface area contributed by atoms with Gasteiger partial charge in [-0.3, -0.25) is 4.79 Å². The molecule has 0 spiro atoms. The van der Waals surface area contributed by atoms with Gasteiger partial charge in [0.2, 0.25) is 5.91 Å². The first-order chi connectivity index (χ1) is 18.3. The van der Waals surface area contributed by atoms with E-state index in [9.17, 15) is 9.90 Å². The van der Waals surface area contributed by atoms with Gasteiger partial charge < -0.3 is 16.2 Å². The van der Waals surface area contributed by atoms with Crippen LogP contribution < -0.4 is 11.1 Å². The number of hydrogen-bond donors (Lipinski definition) is 3. The van der Waals surface area contributed by atoms with Gasteiger partial charge in [-0.05, 0) is 42.3 Å². The molecule has 0 aliphatic rings. The lowest BCUT2D eigenvalue weighted by molar-refractivity contribution is -0.115. The van der Waals surface area contributed by atoms with Crippen molar-refractivity contribution in [3.63, 3.8) is 0 Å². The summed E-state index contributed by atoms with van der Waals surface area (Å²) in [6.07, 6.45) is -15.0. The number of nitrogens with zero attached hydrogens (tertiary/aromatic N) is 1. The second-order valence-corrected chi connectivity index (χ2v) is 6.29. The Labute approximate surface area is 186 Å². The van der Waals surface area contributed by atoms with E-state index in [1.807, 2.05) is 5.32 Å². The Morgan fingerprint density at radius 1 is 1.29 bits per heavy atom. The molecule has 6 heteroatoms. The van der Waals surface area contributed by atoms with Gasteiger partial charge in [-0.25, -0.2) is 4.98 Å². The molecule has 0 unspecified atom stereocenters. The Balaban J connectivity index is 1.99. The van der Waals surface area contributed by atoms with Crippen LogP contribution in [0.2, 0.25) is 0 Å². The third-order valence-electron chi connectivity index (χ3n) is 3.34. The minimum atomic E-state index is -3.31. The molecule has 146 valence electrons. The number of aliphatic hydroxyl groups is 1. The summed E-state index contributed by atoms with van der Waals surface area (Å²) in [5, 5.41) is 13.7. The highest BCUT2D eigenvalue weighted by atomic mass is 32.1. The second kappa shape index (κ2) is 10.0. The zero-order valence-electron chi connectivity index (χ0n) is 26.5. The third kappa shape index (κ3) is 6.18. The van der Waals surface area contributed by atoms with Gasteiger partial charge in [0.15, 0.2) is 5.13 Å². The molecule has 0 radical (unpaired) electrons. The average Bonchev–Trinajstić information content (AvgIpc) is 3.31. The highest BCUT2D eigenvalue weighted by Gasteiger charge is 2.08. The predicted molar refractivity (Wildman–Crippen MR) is 114 cm³/mol. The van der Waals surface area contributed by atoms with E-state index in [-0.39, 0.29) is 16.4 Å². The minimum Gasteiger partial charge on any atom is -0.388 e. The van der Waals surface area contributed by atoms with Crippen molar-refractivity contribution in [1.29, 1.82) is 0 Å². The summed E-state index contributed by atoms with van der Waals surface area (Å²) < 4.78 is 99.4. The highest BCUT2D eigenvalue weighted by molar-refractivity contribution is 7.13. The number of carbonyl (C=O) groups is 1. The van der Waals surface area contributed by atoms with E-state index in [1.54, 1.807) is 6.07 Å². The van der Waals surface area contributed by atoms with Crippen LogP contribution in [0.4, 0.5) is 10.8 Å². The maximum atomic E-state index is 12.7. The number of nitrogen functional groups attached to an aromatic ring is 1. The molecule has 3 aromatic rings. The fourth-order valence-corrected chi connectivity index (χ4v) is 2.57. The number of carbonyl (C=O) groups excluding carboxylic acids is 1. The molecular weight excluding hydrogens is 370 g/mol. The molecule has 1 amide bonds. The quantitative estimate of drug-likeness (QED) is 0.492. The Kier molecular flexibility index (Phi) is 3.46. The normalized spacial score (nSPS) is 20.2. The van der Waals surface area contributed by atoms with Crippen molar-refractivity contribution in [3.8, 4) is 0 Å². The summed E-state index contributed by atoms with van der Waals surface area (Å²) >= 11 is 0.870. The molecule has 28 heavy (non-hydrogen) atoms. The summed E-state index contributed by atoms with van der Waals surface area (Å²) in [6.45, 7) is 0. The van der Waals surface area contributed by atoms with Crippen LogP contribution in [0.5, 0.6) is 0 Å². The Morgan fingerprint density at radius 2 is 2.04 bits per heavy atom. The molecule has 1 heterocycles. The average molecular weight is 408 g/mol.